The maximum Gasteiger partial charge on any atom is 0.328 e. The van der Waals surface area contributed by atoms with Gasteiger partial charge in [0.2, 0.25) is 11.8 Å². The number of esters is 1. The first-order valence-electron chi connectivity index (χ1n) is 11.9. The smallest absolute Gasteiger partial charge is 0.328 e. The van der Waals surface area contributed by atoms with Gasteiger partial charge in [-0.1, -0.05) is 45.2 Å². The Balaban J connectivity index is 1.56. The van der Waals surface area contributed by atoms with Crippen LogP contribution in [0.3, 0.4) is 0 Å². The molecule has 0 unspecified atom stereocenters. The number of nitrogens with one attached hydrogen (secondary N) is 1. The predicted octanol–water partition coefficient (Wildman–Crippen LogP) is 4.11. The Kier molecular flexibility index (Phi) is 8.80. The van der Waals surface area contributed by atoms with E-state index in [1.807, 2.05) is 13.8 Å². The van der Waals surface area contributed by atoms with E-state index < -0.39 is 29.7 Å². The molecule has 0 aromatic heterocycles. The molecule has 2 aliphatic rings. The van der Waals surface area contributed by atoms with Crippen LogP contribution in [0, 0.1) is 23.5 Å². The number of amides is 2. The number of halogens is 2. The van der Waals surface area contributed by atoms with Crippen LogP contribution in [0.4, 0.5) is 8.78 Å². The van der Waals surface area contributed by atoms with Crippen molar-refractivity contribution in [2.75, 3.05) is 6.61 Å². The molecule has 0 bridgehead atoms. The summed E-state index contributed by atoms with van der Waals surface area (Å²) in [6, 6.07) is 2.63. The van der Waals surface area contributed by atoms with E-state index in [9.17, 15) is 23.2 Å². The fraction of sp³-hybridized carbons (Fsp3) is 0.640. The molecule has 0 radical (unpaired) electrons. The summed E-state index contributed by atoms with van der Waals surface area (Å²) in [7, 11) is 0. The van der Waals surface area contributed by atoms with Gasteiger partial charge < -0.3 is 15.0 Å². The Hall–Kier alpha value is -2.51. The zero-order valence-electron chi connectivity index (χ0n) is 19.4. The van der Waals surface area contributed by atoms with E-state index in [0.29, 0.717) is 18.9 Å². The highest BCUT2D eigenvalue weighted by Gasteiger charge is 2.34. The second-order valence-electron chi connectivity index (χ2n) is 9.55. The van der Waals surface area contributed by atoms with Crippen molar-refractivity contribution in [2.45, 2.75) is 83.8 Å². The van der Waals surface area contributed by atoms with Gasteiger partial charge in [-0.15, -0.1) is 0 Å². The molecule has 1 saturated heterocycles. The molecule has 3 rings (SSSR count). The topological polar surface area (TPSA) is 75.7 Å². The van der Waals surface area contributed by atoms with Gasteiger partial charge in [0.15, 0.2) is 11.6 Å². The van der Waals surface area contributed by atoms with Crippen LogP contribution in [-0.4, -0.2) is 41.4 Å². The lowest BCUT2D eigenvalue weighted by molar-refractivity contribution is -0.151. The molecule has 2 fully saturated rings. The Morgan fingerprint density at radius 2 is 1.88 bits per heavy atom. The van der Waals surface area contributed by atoms with Gasteiger partial charge in [-0.05, 0) is 37.2 Å². The predicted molar refractivity (Wildman–Crippen MR) is 119 cm³/mol. The Morgan fingerprint density at radius 3 is 2.58 bits per heavy atom. The molecule has 1 aromatic carbocycles. The third-order valence-electron chi connectivity index (χ3n) is 6.67. The van der Waals surface area contributed by atoms with Crippen molar-refractivity contribution in [3.8, 4) is 0 Å². The van der Waals surface area contributed by atoms with Crippen LogP contribution in [0.15, 0.2) is 18.2 Å². The van der Waals surface area contributed by atoms with Crippen molar-refractivity contribution >= 4 is 17.8 Å². The van der Waals surface area contributed by atoms with Crippen LogP contribution in [0.1, 0.15) is 70.8 Å². The quantitative estimate of drug-likeness (QED) is 0.558. The van der Waals surface area contributed by atoms with Crippen molar-refractivity contribution in [2.24, 2.45) is 11.8 Å². The van der Waals surface area contributed by atoms with Crippen LogP contribution >= 0.6 is 0 Å². The fourth-order valence-corrected chi connectivity index (χ4v) is 4.66. The highest BCUT2D eigenvalue weighted by atomic mass is 19.2. The molecular weight excluding hydrogens is 430 g/mol. The highest BCUT2D eigenvalue weighted by Crippen LogP contribution is 2.26. The van der Waals surface area contributed by atoms with E-state index in [0.717, 1.165) is 31.7 Å². The summed E-state index contributed by atoms with van der Waals surface area (Å²) in [4.78, 5) is 39.2. The summed E-state index contributed by atoms with van der Waals surface area (Å²) in [6.07, 6.45) is 6.33. The first-order valence-corrected chi connectivity index (χ1v) is 11.9. The van der Waals surface area contributed by atoms with Gasteiger partial charge in [-0.25, -0.2) is 13.6 Å². The van der Waals surface area contributed by atoms with Gasteiger partial charge in [0.1, 0.15) is 6.04 Å². The SMILES string of the molecule is CC(C)[C@H](NC(=O)C[C@@H]1CCC(=O)N1Cc1cccc(F)c1F)C(=O)OCC1CCCCC1. The molecule has 1 aliphatic heterocycles. The number of carbonyl (C=O) groups excluding carboxylic acids is 3. The molecule has 1 saturated carbocycles. The lowest BCUT2D eigenvalue weighted by atomic mass is 9.90. The molecule has 33 heavy (non-hydrogen) atoms. The summed E-state index contributed by atoms with van der Waals surface area (Å²) in [5, 5.41) is 2.77. The van der Waals surface area contributed by atoms with Crippen molar-refractivity contribution in [3.63, 3.8) is 0 Å². The molecule has 1 heterocycles. The summed E-state index contributed by atoms with van der Waals surface area (Å²) < 4.78 is 33.2. The van der Waals surface area contributed by atoms with Crippen LogP contribution in [0.5, 0.6) is 0 Å². The minimum atomic E-state index is -0.985. The normalized spacial score (nSPS) is 20.2. The molecule has 2 atom stereocenters. The van der Waals surface area contributed by atoms with E-state index in [-0.39, 0.29) is 42.7 Å². The second kappa shape index (κ2) is 11.6. The minimum absolute atomic E-state index is 0.0121. The Bertz CT molecular complexity index is 855. The third kappa shape index (κ3) is 6.74. The molecule has 6 nitrogen and oxygen atoms in total. The van der Waals surface area contributed by atoms with E-state index in [1.54, 1.807) is 0 Å². The fourth-order valence-electron chi connectivity index (χ4n) is 4.66. The van der Waals surface area contributed by atoms with Gasteiger partial charge in [0.05, 0.1) is 6.61 Å². The first-order chi connectivity index (χ1) is 15.8. The summed E-state index contributed by atoms with van der Waals surface area (Å²) in [5.41, 5.74) is 0.0713. The van der Waals surface area contributed by atoms with Gasteiger partial charge in [-0.3, -0.25) is 9.59 Å². The van der Waals surface area contributed by atoms with Gasteiger partial charge in [-0.2, -0.15) is 0 Å². The molecule has 8 heteroatoms. The maximum atomic E-state index is 14.1. The highest BCUT2D eigenvalue weighted by molar-refractivity contribution is 5.86. The van der Waals surface area contributed by atoms with Crippen LogP contribution in [-0.2, 0) is 25.7 Å². The van der Waals surface area contributed by atoms with Crippen molar-refractivity contribution in [3.05, 3.63) is 35.4 Å². The van der Waals surface area contributed by atoms with Gasteiger partial charge in [0, 0.05) is 31.0 Å². The summed E-state index contributed by atoms with van der Waals surface area (Å²) in [6.45, 7) is 3.95. The zero-order valence-corrected chi connectivity index (χ0v) is 19.4. The van der Waals surface area contributed by atoms with Gasteiger partial charge >= 0.3 is 5.97 Å². The maximum absolute atomic E-state index is 14.1. The number of ether oxygens (including phenoxy) is 1. The molecule has 1 aromatic rings. The lowest BCUT2D eigenvalue weighted by Gasteiger charge is -2.27. The number of likely N-dealkylation sites (tertiary alicyclic amines) is 1. The van der Waals surface area contributed by atoms with Crippen LogP contribution < -0.4 is 5.32 Å². The lowest BCUT2D eigenvalue weighted by Crippen LogP contribution is -2.47. The number of nitrogens with zero attached hydrogens (tertiary/aromatic N) is 1. The van der Waals surface area contributed by atoms with Gasteiger partial charge in [0.25, 0.3) is 0 Å². The number of benzene rings is 1. The van der Waals surface area contributed by atoms with E-state index >= 15 is 0 Å². The monoisotopic (exact) mass is 464 g/mol. The number of rotatable bonds is 9. The van der Waals surface area contributed by atoms with Crippen molar-refractivity contribution in [1.82, 2.24) is 10.2 Å². The molecule has 1 aliphatic carbocycles. The van der Waals surface area contributed by atoms with Crippen LogP contribution in [0.2, 0.25) is 0 Å². The zero-order chi connectivity index (χ0) is 24.0. The van der Waals surface area contributed by atoms with Crippen molar-refractivity contribution < 1.29 is 27.9 Å². The van der Waals surface area contributed by atoms with E-state index in [4.69, 9.17) is 4.74 Å². The average molecular weight is 465 g/mol. The van der Waals surface area contributed by atoms with E-state index in [2.05, 4.69) is 5.32 Å². The largest absolute Gasteiger partial charge is 0.464 e. The second-order valence-corrected chi connectivity index (χ2v) is 9.55. The Labute approximate surface area is 194 Å². The standard InChI is InChI=1S/C25H34F2N2O4/c1-16(2)24(25(32)33-15-17-7-4-3-5-8-17)28-21(30)13-19-11-12-22(31)29(19)14-18-9-6-10-20(26)23(18)27/h6,9-10,16-17,19,24H,3-5,7-8,11-15H2,1-2H3,(H,28,30)/t19-,24-/m0/s1. The van der Waals surface area contributed by atoms with Crippen LogP contribution in [0.25, 0.3) is 0 Å². The molecular formula is C25H34F2N2O4. The molecule has 182 valence electrons. The molecule has 2 amide bonds. The third-order valence-corrected chi connectivity index (χ3v) is 6.67. The van der Waals surface area contributed by atoms with E-state index in [1.165, 1.54) is 23.5 Å². The average Bonchev–Trinajstić information content (AvgIpc) is 3.13. The molecule has 0 spiro atoms. The number of hydrogen-bond acceptors (Lipinski definition) is 4. The minimum Gasteiger partial charge on any atom is -0.464 e. The summed E-state index contributed by atoms with van der Waals surface area (Å²) in [5.74, 6) is -2.74. The van der Waals surface area contributed by atoms with Crippen molar-refractivity contribution in [1.29, 1.82) is 0 Å². The Morgan fingerprint density at radius 1 is 1.15 bits per heavy atom. The first kappa shape index (κ1) is 25.1. The number of carbonyl (C=O) groups is 3. The number of hydrogen-bond donors (Lipinski definition) is 1. The molecule has 1 N–H and O–H groups in total. The summed E-state index contributed by atoms with van der Waals surface area (Å²) >= 11 is 0.